The number of carbonyl (C=O) groups is 1. The molecule has 0 bridgehead atoms. The van der Waals surface area contributed by atoms with Crippen molar-refractivity contribution in [3.8, 4) is 11.1 Å². The number of amides is 1. The lowest BCUT2D eigenvalue weighted by atomic mass is 10.1. The second kappa shape index (κ2) is 8.22. The third-order valence-electron chi connectivity index (χ3n) is 4.91. The van der Waals surface area contributed by atoms with E-state index in [1.54, 1.807) is 30.5 Å². The molecule has 1 aliphatic rings. The van der Waals surface area contributed by atoms with E-state index < -0.39 is 11.9 Å². The number of nitrogens with two attached hydrogens (primary N) is 1. The summed E-state index contributed by atoms with van der Waals surface area (Å²) in [4.78, 5) is 27.1. The van der Waals surface area contributed by atoms with E-state index in [2.05, 4.69) is 25.2 Å². The summed E-state index contributed by atoms with van der Waals surface area (Å²) in [7, 11) is 0. The summed E-state index contributed by atoms with van der Waals surface area (Å²) in [6.07, 6.45) is 8.05. The second-order valence-corrected chi connectivity index (χ2v) is 6.93. The van der Waals surface area contributed by atoms with E-state index in [1.807, 2.05) is 0 Å². The number of pyridine rings is 1. The van der Waals surface area contributed by atoms with Crippen LogP contribution in [0.1, 0.15) is 29.8 Å². The lowest BCUT2D eigenvalue weighted by molar-refractivity contribution is 0.102. The third kappa shape index (κ3) is 4.31. The largest absolute Gasteiger partial charge is 0.397 e. The Balaban J connectivity index is 1.50. The third-order valence-corrected chi connectivity index (χ3v) is 4.91. The summed E-state index contributed by atoms with van der Waals surface area (Å²) in [6, 6.07) is 8.08. The Morgan fingerprint density at radius 1 is 0.966 bits per heavy atom. The molecule has 3 N–H and O–H groups in total. The van der Waals surface area contributed by atoms with Gasteiger partial charge in [0.25, 0.3) is 5.91 Å². The number of hydrogen-bond donors (Lipinski definition) is 2. The van der Waals surface area contributed by atoms with Crippen molar-refractivity contribution in [1.29, 1.82) is 0 Å². The fourth-order valence-corrected chi connectivity index (χ4v) is 3.30. The highest BCUT2D eigenvalue weighted by molar-refractivity contribution is 6.04. The average Bonchev–Trinajstić information content (AvgIpc) is 2.76. The Morgan fingerprint density at radius 2 is 1.76 bits per heavy atom. The normalized spacial score (nSPS) is 13.9. The number of nitrogens with one attached hydrogen (secondary N) is 1. The molecule has 0 aliphatic carbocycles. The first kappa shape index (κ1) is 18.8. The van der Waals surface area contributed by atoms with Crippen molar-refractivity contribution in [2.24, 2.45) is 0 Å². The maximum atomic E-state index is 13.0. The molecule has 3 heterocycles. The summed E-state index contributed by atoms with van der Waals surface area (Å²) in [6.45, 7) is 1.92. The van der Waals surface area contributed by atoms with Crippen LogP contribution < -0.4 is 16.0 Å². The fourth-order valence-electron chi connectivity index (χ4n) is 3.30. The number of aromatic nitrogens is 3. The van der Waals surface area contributed by atoms with Gasteiger partial charge in [0, 0.05) is 24.8 Å². The van der Waals surface area contributed by atoms with E-state index in [0.29, 0.717) is 16.9 Å². The molecular formula is C21H21FN6O. The SMILES string of the molecule is Nc1ccc(-c2ccc(F)nc2)cc1NC(=O)c1cnc(N2CCCCC2)cn1. The van der Waals surface area contributed by atoms with Crippen molar-refractivity contribution in [2.45, 2.75) is 19.3 Å². The smallest absolute Gasteiger partial charge is 0.275 e. The number of anilines is 3. The molecule has 0 spiro atoms. The van der Waals surface area contributed by atoms with Gasteiger partial charge in [-0.2, -0.15) is 4.39 Å². The monoisotopic (exact) mass is 392 g/mol. The van der Waals surface area contributed by atoms with Crippen molar-refractivity contribution in [3.05, 3.63) is 60.6 Å². The first-order valence-electron chi connectivity index (χ1n) is 9.50. The zero-order valence-electron chi connectivity index (χ0n) is 15.8. The van der Waals surface area contributed by atoms with Crippen LogP contribution in [0.2, 0.25) is 0 Å². The highest BCUT2D eigenvalue weighted by atomic mass is 19.1. The molecule has 1 aromatic carbocycles. The molecular weight excluding hydrogens is 371 g/mol. The van der Waals surface area contributed by atoms with Gasteiger partial charge in [0.2, 0.25) is 5.95 Å². The highest BCUT2D eigenvalue weighted by Gasteiger charge is 2.15. The van der Waals surface area contributed by atoms with Crippen LogP contribution in [0.5, 0.6) is 0 Å². The van der Waals surface area contributed by atoms with E-state index in [1.165, 1.54) is 24.9 Å². The van der Waals surface area contributed by atoms with Crippen LogP contribution in [0.25, 0.3) is 11.1 Å². The molecule has 1 saturated heterocycles. The molecule has 0 atom stereocenters. The molecule has 0 unspecified atom stereocenters. The number of carbonyl (C=O) groups excluding carboxylic acids is 1. The molecule has 29 heavy (non-hydrogen) atoms. The Hall–Kier alpha value is -3.55. The summed E-state index contributed by atoms with van der Waals surface area (Å²) >= 11 is 0. The Bertz CT molecular complexity index is 1000. The first-order valence-corrected chi connectivity index (χ1v) is 9.50. The average molecular weight is 392 g/mol. The van der Waals surface area contributed by atoms with Crippen molar-refractivity contribution in [1.82, 2.24) is 15.0 Å². The second-order valence-electron chi connectivity index (χ2n) is 6.93. The van der Waals surface area contributed by atoms with Gasteiger partial charge in [-0.05, 0) is 49.1 Å². The Kier molecular flexibility index (Phi) is 5.33. The minimum absolute atomic E-state index is 0.207. The summed E-state index contributed by atoms with van der Waals surface area (Å²) in [5.74, 6) is -0.167. The van der Waals surface area contributed by atoms with Crippen molar-refractivity contribution in [2.75, 3.05) is 29.0 Å². The van der Waals surface area contributed by atoms with Crippen molar-refractivity contribution < 1.29 is 9.18 Å². The maximum absolute atomic E-state index is 13.0. The van der Waals surface area contributed by atoms with Gasteiger partial charge in [0.15, 0.2) is 0 Å². The van der Waals surface area contributed by atoms with Crippen LogP contribution in [-0.2, 0) is 0 Å². The van der Waals surface area contributed by atoms with Gasteiger partial charge in [-0.25, -0.2) is 15.0 Å². The topological polar surface area (TPSA) is 97.0 Å². The lowest BCUT2D eigenvalue weighted by Gasteiger charge is -2.27. The molecule has 1 aliphatic heterocycles. The maximum Gasteiger partial charge on any atom is 0.275 e. The van der Waals surface area contributed by atoms with Gasteiger partial charge in [-0.1, -0.05) is 6.07 Å². The zero-order chi connectivity index (χ0) is 20.2. The molecule has 1 amide bonds. The Labute approximate surface area is 167 Å². The number of piperidine rings is 1. The van der Waals surface area contributed by atoms with Crippen LogP contribution in [0.3, 0.4) is 0 Å². The molecule has 2 aromatic heterocycles. The van der Waals surface area contributed by atoms with Crippen molar-refractivity contribution >= 4 is 23.1 Å². The molecule has 7 nitrogen and oxygen atoms in total. The number of benzene rings is 1. The van der Waals surface area contributed by atoms with E-state index in [4.69, 9.17) is 5.73 Å². The van der Waals surface area contributed by atoms with E-state index in [0.717, 1.165) is 37.3 Å². The van der Waals surface area contributed by atoms with Crippen LogP contribution in [0.15, 0.2) is 48.9 Å². The van der Waals surface area contributed by atoms with Crippen molar-refractivity contribution in [3.63, 3.8) is 0 Å². The highest BCUT2D eigenvalue weighted by Crippen LogP contribution is 2.27. The van der Waals surface area contributed by atoms with E-state index >= 15 is 0 Å². The fraction of sp³-hybridized carbons (Fsp3) is 0.238. The summed E-state index contributed by atoms with van der Waals surface area (Å²) in [5, 5.41) is 2.77. The summed E-state index contributed by atoms with van der Waals surface area (Å²) in [5.41, 5.74) is 8.54. The molecule has 0 radical (unpaired) electrons. The predicted molar refractivity (Wildman–Crippen MR) is 110 cm³/mol. The molecule has 148 valence electrons. The van der Waals surface area contributed by atoms with Gasteiger partial charge in [0.1, 0.15) is 11.5 Å². The minimum Gasteiger partial charge on any atom is -0.397 e. The van der Waals surface area contributed by atoms with Crippen LogP contribution >= 0.6 is 0 Å². The Morgan fingerprint density at radius 3 is 2.45 bits per heavy atom. The van der Waals surface area contributed by atoms with E-state index in [-0.39, 0.29) is 5.69 Å². The van der Waals surface area contributed by atoms with Crippen LogP contribution in [0, 0.1) is 5.95 Å². The van der Waals surface area contributed by atoms with Crippen LogP contribution in [-0.4, -0.2) is 33.9 Å². The van der Waals surface area contributed by atoms with Gasteiger partial charge in [-0.15, -0.1) is 0 Å². The number of hydrogen-bond acceptors (Lipinski definition) is 6. The quantitative estimate of drug-likeness (QED) is 0.521. The number of rotatable bonds is 4. The lowest BCUT2D eigenvalue weighted by Crippen LogP contribution is -2.30. The van der Waals surface area contributed by atoms with Gasteiger partial charge < -0.3 is 16.0 Å². The summed E-state index contributed by atoms with van der Waals surface area (Å²) < 4.78 is 13.0. The standard InChI is InChI=1S/C21H21FN6O/c22-19-7-5-15(11-25-19)14-4-6-16(23)17(10-14)27-21(29)18-12-26-20(13-24-18)28-8-2-1-3-9-28/h4-7,10-13H,1-3,8-9,23H2,(H,27,29). The predicted octanol–water partition coefficient (Wildman–Crippen LogP) is 3.50. The molecule has 0 saturated carbocycles. The number of nitrogen functional groups attached to an aromatic ring is 1. The molecule has 4 rings (SSSR count). The van der Waals surface area contributed by atoms with Gasteiger partial charge in [-0.3, -0.25) is 4.79 Å². The first-order chi connectivity index (χ1) is 14.1. The molecule has 3 aromatic rings. The van der Waals surface area contributed by atoms with E-state index in [9.17, 15) is 9.18 Å². The van der Waals surface area contributed by atoms with Gasteiger partial charge >= 0.3 is 0 Å². The minimum atomic E-state index is -0.552. The zero-order valence-corrected chi connectivity index (χ0v) is 15.8. The van der Waals surface area contributed by atoms with Gasteiger partial charge in [0.05, 0.1) is 23.8 Å². The number of nitrogens with zero attached hydrogens (tertiary/aromatic N) is 4. The molecule has 8 heteroatoms. The van der Waals surface area contributed by atoms with Crippen LogP contribution in [0.4, 0.5) is 21.6 Å². The number of halogens is 1. The molecule has 1 fully saturated rings.